The number of nitrogens with two attached hydrogens (primary N) is 3. The average Bonchev–Trinajstić information content (AvgIpc) is 3.22. The summed E-state index contributed by atoms with van der Waals surface area (Å²) in [6.45, 7) is 6.21. The molecule has 376 valence electrons. The van der Waals surface area contributed by atoms with E-state index in [4.69, 9.17) is 17.2 Å². The van der Waals surface area contributed by atoms with Crippen LogP contribution in [0.4, 0.5) is 0 Å². The number of carbonyl (C=O) groups excluding carboxylic acids is 11. The minimum atomic E-state index is -4.51. The van der Waals surface area contributed by atoms with Crippen molar-refractivity contribution >= 4 is 74.8 Å². The molecule has 11 amide bonds. The molecule has 2 aliphatic heterocycles. The summed E-state index contributed by atoms with van der Waals surface area (Å²) in [4.78, 5) is 147. The summed E-state index contributed by atoms with van der Waals surface area (Å²) in [6.07, 6.45) is -2.36. The van der Waals surface area contributed by atoms with Gasteiger partial charge in [-0.3, -0.25) is 52.7 Å². The van der Waals surface area contributed by atoms with E-state index in [1.165, 1.54) is 24.3 Å². The van der Waals surface area contributed by atoms with Crippen molar-refractivity contribution in [1.82, 2.24) is 42.1 Å². The summed E-state index contributed by atoms with van der Waals surface area (Å²) in [7, 11) is -4.51. The third-order valence-electron chi connectivity index (χ3n) is 11.2. The maximum absolute atomic E-state index is 14.3. The number of sulfone groups is 1. The summed E-state index contributed by atoms with van der Waals surface area (Å²) >= 11 is 0. The van der Waals surface area contributed by atoms with E-state index in [0.717, 1.165) is 4.90 Å². The van der Waals surface area contributed by atoms with Crippen LogP contribution in [-0.4, -0.2) is 150 Å². The van der Waals surface area contributed by atoms with E-state index in [0.29, 0.717) is 5.56 Å². The molecule has 3 rings (SSSR count). The van der Waals surface area contributed by atoms with Crippen molar-refractivity contribution < 1.29 is 66.3 Å². The van der Waals surface area contributed by atoms with Gasteiger partial charge in [0.2, 0.25) is 65.0 Å². The van der Waals surface area contributed by atoms with Crippen molar-refractivity contribution in [1.29, 1.82) is 0 Å². The standard InChI is InChI=1S/C42H63N11O14S/c1-5-22(4)35-41(64)48-25(10-11-31(43)55)37(60)50-29(18-32(44)56)38(61)49-26(42(65)53-14-12-30(53)40(63)51-27(16-21(2)3)36(59)46-19-33(45)57)13-15-68(66,67)20-34(58)47-28(39(62)52-35)17-23-6-8-24(54)9-7-23/h6-9,21-22,25-30,35,54H,5,10-20H2,1-4H3,(H2,43,55)(H2,44,56)(H2,45,57)(H,46,59)(H,47,58)(H,48,64)(H,49,61)(H,50,60)(H,51,63)(H,52,62)/t22-,25-,26-,27-,28-,29-,30-,35-/m0/s1. The van der Waals surface area contributed by atoms with Crippen LogP contribution in [0, 0.1) is 11.8 Å². The number of nitrogens with zero attached hydrogens (tertiary/aromatic N) is 1. The first-order valence-corrected chi connectivity index (χ1v) is 23.8. The van der Waals surface area contributed by atoms with Gasteiger partial charge in [-0.1, -0.05) is 46.2 Å². The summed E-state index contributed by atoms with van der Waals surface area (Å²) in [5.41, 5.74) is 16.3. The number of likely N-dealkylation sites (tertiary alicyclic amines) is 1. The number of aromatic hydroxyl groups is 1. The third-order valence-corrected chi connectivity index (χ3v) is 12.8. The Hall–Kier alpha value is -6.86. The van der Waals surface area contributed by atoms with Gasteiger partial charge in [0.1, 0.15) is 53.8 Å². The van der Waals surface area contributed by atoms with Crippen LogP contribution >= 0.6 is 0 Å². The number of carbonyl (C=O) groups is 11. The minimum Gasteiger partial charge on any atom is -0.508 e. The molecule has 26 heteroatoms. The third kappa shape index (κ3) is 17.4. The van der Waals surface area contributed by atoms with Crippen LogP contribution in [-0.2, 0) is 69.0 Å². The molecule has 8 atom stereocenters. The molecule has 25 nitrogen and oxygen atoms in total. The summed E-state index contributed by atoms with van der Waals surface area (Å²) < 4.78 is 27.2. The molecule has 2 heterocycles. The van der Waals surface area contributed by atoms with Crippen LogP contribution < -0.4 is 54.4 Å². The second-order valence-electron chi connectivity index (χ2n) is 17.3. The van der Waals surface area contributed by atoms with Gasteiger partial charge in [0.05, 0.1) is 18.7 Å². The van der Waals surface area contributed by atoms with Gasteiger partial charge in [-0.05, 0) is 55.2 Å². The van der Waals surface area contributed by atoms with Crippen LogP contribution in [0.1, 0.15) is 78.2 Å². The molecular weight excluding hydrogens is 915 g/mol. The molecule has 0 radical (unpaired) electrons. The normalized spacial score (nSPS) is 23.8. The fourth-order valence-corrected chi connectivity index (χ4v) is 8.48. The SMILES string of the molecule is CC[C@H](C)[C@@H]1NC(=O)[C@H](Cc2ccc(O)cc2)NC(=O)CS(=O)(=O)CC[C@@H](C(=O)N2CC[C@H]2C(=O)N[C@@H](CC(C)C)C(=O)NCC(N)=O)NC(=O)[C@H](CC(N)=O)NC(=O)[C@H](CCC(N)=O)NC1=O. The quantitative estimate of drug-likeness (QED) is 0.0698. The number of phenols is 1. The first-order valence-electron chi connectivity index (χ1n) is 22.0. The number of primary amides is 3. The Morgan fingerprint density at radius 2 is 1.41 bits per heavy atom. The van der Waals surface area contributed by atoms with Gasteiger partial charge in [0, 0.05) is 19.4 Å². The van der Waals surface area contributed by atoms with Gasteiger partial charge in [0.25, 0.3) is 0 Å². The predicted octanol–water partition coefficient (Wildman–Crippen LogP) is -4.90. The number of rotatable bonds is 17. The zero-order valence-corrected chi connectivity index (χ0v) is 39.1. The Bertz CT molecular complexity index is 2190. The van der Waals surface area contributed by atoms with Crippen molar-refractivity contribution in [2.24, 2.45) is 29.0 Å². The van der Waals surface area contributed by atoms with Crippen molar-refractivity contribution in [3.63, 3.8) is 0 Å². The maximum atomic E-state index is 14.3. The van der Waals surface area contributed by atoms with Crippen LogP contribution in [0.5, 0.6) is 5.75 Å². The van der Waals surface area contributed by atoms with Gasteiger partial charge in [-0.2, -0.15) is 0 Å². The zero-order chi connectivity index (χ0) is 51.0. The summed E-state index contributed by atoms with van der Waals surface area (Å²) in [6, 6.07) is -5.18. The van der Waals surface area contributed by atoms with Gasteiger partial charge >= 0.3 is 0 Å². The van der Waals surface area contributed by atoms with E-state index in [1.807, 2.05) is 0 Å². The molecule has 0 unspecified atom stereocenters. The number of hydrogen-bond donors (Lipinski definition) is 11. The Balaban J connectivity index is 2.08. The summed E-state index contributed by atoms with van der Waals surface area (Å²) in [5.74, 6) is -13.9. The summed E-state index contributed by atoms with van der Waals surface area (Å²) in [5, 5.41) is 26.7. The Morgan fingerprint density at radius 3 is 1.97 bits per heavy atom. The van der Waals surface area contributed by atoms with E-state index >= 15 is 0 Å². The van der Waals surface area contributed by atoms with E-state index in [2.05, 4.69) is 37.2 Å². The molecule has 2 fully saturated rings. The monoisotopic (exact) mass is 977 g/mol. The largest absolute Gasteiger partial charge is 0.508 e. The predicted molar refractivity (Wildman–Crippen MR) is 240 cm³/mol. The van der Waals surface area contributed by atoms with Crippen molar-refractivity contribution in [2.75, 3.05) is 24.6 Å². The van der Waals surface area contributed by atoms with Crippen molar-refractivity contribution in [3.05, 3.63) is 29.8 Å². The second-order valence-corrected chi connectivity index (χ2v) is 19.5. The van der Waals surface area contributed by atoms with E-state index in [9.17, 15) is 66.3 Å². The Kier molecular flexibility index (Phi) is 20.7. The van der Waals surface area contributed by atoms with Crippen LogP contribution in [0.3, 0.4) is 0 Å². The van der Waals surface area contributed by atoms with Gasteiger partial charge in [-0.15, -0.1) is 0 Å². The molecule has 14 N–H and O–H groups in total. The molecule has 68 heavy (non-hydrogen) atoms. The topological polar surface area (TPSA) is 408 Å². The van der Waals surface area contributed by atoms with Gasteiger partial charge in [-0.25, -0.2) is 8.42 Å². The molecule has 0 bridgehead atoms. The Labute approximate surface area is 392 Å². The van der Waals surface area contributed by atoms with E-state index < -0.39 is 167 Å². The number of amides is 11. The number of nitrogens with one attached hydrogen (secondary N) is 7. The fraction of sp³-hybridized carbons (Fsp3) is 0.595. The zero-order valence-electron chi connectivity index (χ0n) is 38.3. The van der Waals surface area contributed by atoms with Crippen molar-refractivity contribution in [2.45, 2.75) is 121 Å². The molecule has 1 aromatic carbocycles. The second kappa shape index (κ2) is 25.3. The molecule has 1 aromatic rings. The van der Waals surface area contributed by atoms with Gasteiger partial charge < -0.3 is 64.4 Å². The highest BCUT2D eigenvalue weighted by atomic mass is 32.2. The number of benzene rings is 1. The lowest BCUT2D eigenvalue weighted by atomic mass is 9.96. The first-order chi connectivity index (χ1) is 31.8. The lowest BCUT2D eigenvalue weighted by Gasteiger charge is -2.42. The van der Waals surface area contributed by atoms with Crippen LogP contribution in [0.15, 0.2) is 24.3 Å². The van der Waals surface area contributed by atoms with Gasteiger partial charge in [0.15, 0.2) is 9.84 Å². The number of hydrogen-bond acceptors (Lipinski definition) is 14. The molecule has 2 aliphatic rings. The fourth-order valence-electron chi connectivity index (χ4n) is 7.26. The number of phenolic OH excluding ortho intramolecular Hbond substituents is 1. The lowest BCUT2D eigenvalue weighted by Crippen LogP contribution is -2.65. The highest BCUT2D eigenvalue weighted by molar-refractivity contribution is 7.92. The molecule has 0 spiro atoms. The van der Waals surface area contributed by atoms with Crippen molar-refractivity contribution in [3.8, 4) is 5.75 Å². The Morgan fingerprint density at radius 1 is 0.794 bits per heavy atom. The molecule has 2 saturated heterocycles. The molecule has 0 saturated carbocycles. The van der Waals surface area contributed by atoms with Crippen LogP contribution in [0.25, 0.3) is 0 Å². The maximum Gasteiger partial charge on any atom is 0.245 e. The molecule has 0 aromatic heterocycles. The minimum absolute atomic E-state index is 0.0591. The lowest BCUT2D eigenvalue weighted by molar-refractivity contribution is -0.150. The van der Waals surface area contributed by atoms with Crippen LogP contribution in [0.2, 0.25) is 0 Å². The first kappa shape index (κ1) is 55.5. The highest BCUT2D eigenvalue weighted by Gasteiger charge is 2.43. The molecule has 0 aliphatic carbocycles. The van der Waals surface area contributed by atoms with E-state index in [-0.39, 0.29) is 43.9 Å². The average molecular weight is 978 g/mol. The van der Waals surface area contributed by atoms with E-state index in [1.54, 1.807) is 27.7 Å². The smallest absolute Gasteiger partial charge is 0.245 e. The molecular formula is C42H63N11O14S. The highest BCUT2D eigenvalue weighted by Crippen LogP contribution is 2.22.